The van der Waals surface area contributed by atoms with Crippen LogP contribution < -0.4 is 0 Å². The number of likely N-dealkylation sites (tertiary alicyclic amines) is 1. The van der Waals surface area contributed by atoms with Gasteiger partial charge in [-0.25, -0.2) is 0 Å². The molecular weight excluding hydrogens is 181 g/mol. The maximum absolute atomic E-state index is 5.00. The minimum Gasteiger partial charge on any atom is -0.306 e. The van der Waals surface area contributed by atoms with Gasteiger partial charge in [-0.2, -0.15) is 0 Å². The predicted octanol–water partition coefficient (Wildman–Crippen LogP) is 2.77. The summed E-state index contributed by atoms with van der Waals surface area (Å²) >= 11 is 5.00. The summed E-state index contributed by atoms with van der Waals surface area (Å²) in [5, 5.41) is 0. The third kappa shape index (κ3) is 10.5. The van der Waals surface area contributed by atoms with E-state index in [1.807, 2.05) is 6.92 Å². The predicted molar refractivity (Wildman–Crippen MR) is 55.0 cm³/mol. The van der Waals surface area contributed by atoms with Crippen molar-refractivity contribution in [1.82, 2.24) is 4.90 Å². The average molecular weight is 200 g/mol. The number of rotatable bonds is 0. The molecule has 70 valence electrons. The van der Waals surface area contributed by atoms with Crippen LogP contribution in [0.4, 0.5) is 0 Å². The van der Waals surface area contributed by atoms with Crippen molar-refractivity contribution in [2.75, 3.05) is 26.0 Å². The molecule has 1 rings (SSSR count). The summed E-state index contributed by atoms with van der Waals surface area (Å²) in [5.74, 6) is 0.722. The largest absolute Gasteiger partial charge is 0.306 e. The molecule has 0 spiro atoms. The van der Waals surface area contributed by atoms with E-state index in [4.69, 9.17) is 11.6 Å². The molecule has 1 fully saturated rings. The summed E-state index contributed by atoms with van der Waals surface area (Å²) in [6.07, 6.45) is 4.28. The first-order chi connectivity index (χ1) is 4.81. The van der Waals surface area contributed by atoms with Gasteiger partial charge in [-0.1, -0.05) is 13.3 Å². The second-order valence-corrected chi connectivity index (χ2v) is 3.17. The molecule has 0 radical (unpaired) electrons. The monoisotopic (exact) mass is 199 g/mol. The highest BCUT2D eigenvalue weighted by molar-refractivity contribution is 6.17. The van der Waals surface area contributed by atoms with Crippen molar-refractivity contribution in [3.05, 3.63) is 0 Å². The molecule has 0 bridgehead atoms. The molecular formula is C8H19Cl2N. The molecule has 0 aromatic carbocycles. The lowest BCUT2D eigenvalue weighted by Gasteiger charge is -2.20. The first-order valence-corrected chi connectivity index (χ1v) is 4.59. The van der Waals surface area contributed by atoms with Gasteiger partial charge in [-0.3, -0.25) is 0 Å². The zero-order chi connectivity index (χ0) is 7.82. The van der Waals surface area contributed by atoms with E-state index in [0.29, 0.717) is 0 Å². The van der Waals surface area contributed by atoms with Gasteiger partial charge in [0.2, 0.25) is 0 Å². The van der Waals surface area contributed by atoms with Crippen LogP contribution >= 0.6 is 24.0 Å². The third-order valence-corrected chi connectivity index (χ3v) is 1.58. The molecule has 1 heterocycles. The van der Waals surface area contributed by atoms with Gasteiger partial charge in [0.15, 0.2) is 0 Å². The fraction of sp³-hybridized carbons (Fsp3) is 1.00. The van der Waals surface area contributed by atoms with Crippen molar-refractivity contribution >= 4 is 24.0 Å². The molecule has 0 aromatic heterocycles. The highest BCUT2D eigenvalue weighted by Crippen LogP contribution is 2.04. The molecule has 3 heteroatoms. The fourth-order valence-corrected chi connectivity index (χ4v) is 1.05. The lowest BCUT2D eigenvalue weighted by molar-refractivity contribution is 0.277. The fourth-order valence-electron chi connectivity index (χ4n) is 1.05. The summed E-state index contributed by atoms with van der Waals surface area (Å²) < 4.78 is 0. The van der Waals surface area contributed by atoms with Gasteiger partial charge < -0.3 is 4.90 Å². The van der Waals surface area contributed by atoms with Crippen molar-refractivity contribution in [3.63, 3.8) is 0 Å². The quantitative estimate of drug-likeness (QED) is 0.543. The highest BCUT2D eigenvalue weighted by Gasteiger charge is 2.02. The Kier molecular flexibility index (Phi) is 13.5. The maximum Gasteiger partial charge on any atom is 0.0195 e. The minimum atomic E-state index is 0. The molecule has 0 unspecified atom stereocenters. The SMILES string of the molecule is CCCl.CN1CCCCC1.Cl. The van der Waals surface area contributed by atoms with Gasteiger partial charge >= 0.3 is 0 Å². The van der Waals surface area contributed by atoms with Gasteiger partial charge in [0.1, 0.15) is 0 Å². The summed E-state index contributed by atoms with van der Waals surface area (Å²) in [7, 11) is 2.19. The normalized spacial score (nSPS) is 17.7. The molecule has 0 aliphatic carbocycles. The van der Waals surface area contributed by atoms with Crippen molar-refractivity contribution in [3.8, 4) is 0 Å². The van der Waals surface area contributed by atoms with E-state index >= 15 is 0 Å². The van der Waals surface area contributed by atoms with Gasteiger partial charge in [0.05, 0.1) is 0 Å². The standard InChI is InChI=1S/C6H13N.C2H5Cl.ClH/c1-7-5-3-2-4-6-7;1-2-3;/h2-6H2,1H3;2H2,1H3;1H. The Labute approximate surface area is 81.5 Å². The summed E-state index contributed by atoms with van der Waals surface area (Å²) in [6.45, 7) is 4.53. The summed E-state index contributed by atoms with van der Waals surface area (Å²) in [6, 6.07) is 0. The van der Waals surface area contributed by atoms with E-state index in [1.165, 1.54) is 32.4 Å². The van der Waals surface area contributed by atoms with Gasteiger partial charge in [-0.15, -0.1) is 24.0 Å². The van der Waals surface area contributed by atoms with Crippen LogP contribution in [0, 0.1) is 0 Å². The zero-order valence-corrected chi connectivity index (χ0v) is 9.05. The molecule has 0 saturated carbocycles. The highest BCUT2D eigenvalue weighted by atomic mass is 35.5. The number of hydrogen-bond donors (Lipinski definition) is 0. The molecule has 1 nitrogen and oxygen atoms in total. The van der Waals surface area contributed by atoms with Crippen molar-refractivity contribution in [2.45, 2.75) is 26.2 Å². The molecule has 0 atom stereocenters. The van der Waals surface area contributed by atoms with Crippen molar-refractivity contribution in [1.29, 1.82) is 0 Å². The first kappa shape index (κ1) is 14.1. The van der Waals surface area contributed by atoms with E-state index in [2.05, 4.69) is 11.9 Å². The Hall–Kier alpha value is 0.540. The number of nitrogens with zero attached hydrogens (tertiary/aromatic N) is 1. The van der Waals surface area contributed by atoms with Crippen LogP contribution in [0.1, 0.15) is 26.2 Å². The van der Waals surface area contributed by atoms with E-state index < -0.39 is 0 Å². The van der Waals surface area contributed by atoms with Crippen LogP contribution in [-0.2, 0) is 0 Å². The average Bonchev–Trinajstić information content (AvgIpc) is 1.91. The lowest BCUT2D eigenvalue weighted by atomic mass is 10.1. The number of alkyl halides is 1. The second-order valence-electron chi connectivity index (χ2n) is 2.63. The van der Waals surface area contributed by atoms with E-state index in [1.54, 1.807) is 0 Å². The van der Waals surface area contributed by atoms with E-state index in [9.17, 15) is 0 Å². The van der Waals surface area contributed by atoms with Crippen LogP contribution in [0.25, 0.3) is 0 Å². The number of hydrogen-bond acceptors (Lipinski definition) is 1. The minimum absolute atomic E-state index is 0. The number of halogens is 2. The van der Waals surface area contributed by atoms with Crippen LogP contribution in [0.2, 0.25) is 0 Å². The Morgan fingerprint density at radius 1 is 1.18 bits per heavy atom. The maximum atomic E-state index is 5.00. The molecule has 1 saturated heterocycles. The Balaban J connectivity index is 0. The van der Waals surface area contributed by atoms with Gasteiger partial charge in [0.25, 0.3) is 0 Å². The van der Waals surface area contributed by atoms with Crippen LogP contribution in [0.15, 0.2) is 0 Å². The smallest absolute Gasteiger partial charge is 0.0195 e. The Morgan fingerprint density at radius 2 is 1.55 bits per heavy atom. The first-order valence-electron chi connectivity index (χ1n) is 4.05. The van der Waals surface area contributed by atoms with Gasteiger partial charge in [-0.05, 0) is 33.0 Å². The zero-order valence-electron chi connectivity index (χ0n) is 7.48. The lowest BCUT2D eigenvalue weighted by Crippen LogP contribution is -2.24. The number of piperidine rings is 1. The van der Waals surface area contributed by atoms with Crippen LogP contribution in [-0.4, -0.2) is 30.9 Å². The Morgan fingerprint density at radius 3 is 1.73 bits per heavy atom. The molecule has 0 N–H and O–H groups in total. The van der Waals surface area contributed by atoms with Crippen LogP contribution in [0.5, 0.6) is 0 Å². The summed E-state index contributed by atoms with van der Waals surface area (Å²) in [4.78, 5) is 2.39. The summed E-state index contributed by atoms with van der Waals surface area (Å²) in [5.41, 5.74) is 0. The molecule has 0 amide bonds. The topological polar surface area (TPSA) is 3.24 Å². The van der Waals surface area contributed by atoms with E-state index in [0.717, 1.165) is 5.88 Å². The van der Waals surface area contributed by atoms with Crippen molar-refractivity contribution < 1.29 is 0 Å². The third-order valence-electron chi connectivity index (χ3n) is 1.58. The van der Waals surface area contributed by atoms with Crippen molar-refractivity contribution in [2.24, 2.45) is 0 Å². The van der Waals surface area contributed by atoms with E-state index in [-0.39, 0.29) is 12.4 Å². The van der Waals surface area contributed by atoms with Gasteiger partial charge in [0, 0.05) is 5.88 Å². The molecule has 11 heavy (non-hydrogen) atoms. The molecule has 1 aliphatic heterocycles. The molecule has 1 aliphatic rings. The Bertz CT molecular complexity index is 63.1. The molecule has 0 aromatic rings. The second kappa shape index (κ2) is 10.5. The van der Waals surface area contributed by atoms with Crippen LogP contribution in [0.3, 0.4) is 0 Å².